The quantitative estimate of drug-likeness (QED) is 0.519. The Hall–Kier alpha value is -3.19. The fourth-order valence-electron chi connectivity index (χ4n) is 2.81. The second kappa shape index (κ2) is 7.20. The van der Waals surface area contributed by atoms with E-state index in [2.05, 4.69) is 10.1 Å². The average Bonchev–Trinajstić information content (AvgIpc) is 3.34. The summed E-state index contributed by atoms with van der Waals surface area (Å²) in [7, 11) is 3.32. The number of amides is 1. The summed E-state index contributed by atoms with van der Waals surface area (Å²) in [6.07, 6.45) is 0. The van der Waals surface area contributed by atoms with E-state index in [0.29, 0.717) is 18.1 Å². The Balaban J connectivity index is 1.53. The molecule has 2 aromatic heterocycles. The van der Waals surface area contributed by atoms with Gasteiger partial charge in [-0.3, -0.25) is 4.79 Å². The molecule has 4 aromatic rings. The summed E-state index contributed by atoms with van der Waals surface area (Å²) < 4.78 is 11.8. The predicted octanol–water partition coefficient (Wildman–Crippen LogP) is 4.23. The van der Waals surface area contributed by atoms with E-state index in [-0.39, 0.29) is 11.6 Å². The highest BCUT2D eigenvalue weighted by Crippen LogP contribution is 2.30. The summed E-state index contributed by atoms with van der Waals surface area (Å²) in [4.78, 5) is 18.9. The van der Waals surface area contributed by atoms with E-state index < -0.39 is 0 Å². The van der Waals surface area contributed by atoms with Crippen LogP contribution in [0.2, 0.25) is 0 Å². The first-order valence-corrected chi connectivity index (χ1v) is 9.17. The molecule has 0 spiro atoms. The molecule has 0 aliphatic rings. The molecule has 1 amide bonds. The number of methoxy groups -OCH3 is 1. The first-order chi connectivity index (χ1) is 13.2. The van der Waals surface area contributed by atoms with Crippen LogP contribution in [0.25, 0.3) is 21.5 Å². The van der Waals surface area contributed by atoms with Crippen molar-refractivity contribution in [2.24, 2.45) is 0 Å². The molecule has 7 heteroatoms. The number of hydrogen-bond donors (Lipinski definition) is 0. The van der Waals surface area contributed by atoms with Gasteiger partial charge < -0.3 is 14.2 Å². The zero-order chi connectivity index (χ0) is 18.8. The standard InChI is InChI=1S/C20H17N3O3S/c1-23(12-19-21-14-8-4-6-10-18(14)27-19)20(24)15-11-17(26-22-15)13-7-3-5-9-16(13)25-2/h3-11H,12H2,1-2H3. The zero-order valence-corrected chi connectivity index (χ0v) is 15.7. The summed E-state index contributed by atoms with van der Waals surface area (Å²) >= 11 is 1.58. The maximum Gasteiger partial charge on any atom is 0.276 e. The number of hydrogen-bond acceptors (Lipinski definition) is 6. The smallest absolute Gasteiger partial charge is 0.276 e. The minimum atomic E-state index is -0.223. The molecule has 0 saturated heterocycles. The highest BCUT2D eigenvalue weighted by atomic mass is 32.1. The number of carbonyl (C=O) groups is 1. The number of ether oxygens (including phenoxy) is 1. The number of benzene rings is 2. The van der Waals surface area contributed by atoms with Crippen LogP contribution in [0.15, 0.2) is 59.1 Å². The third kappa shape index (κ3) is 3.41. The molecule has 0 saturated carbocycles. The van der Waals surface area contributed by atoms with Crippen molar-refractivity contribution in [1.29, 1.82) is 0 Å². The van der Waals surface area contributed by atoms with E-state index in [1.807, 2.05) is 48.5 Å². The lowest BCUT2D eigenvalue weighted by Gasteiger charge is -2.13. The van der Waals surface area contributed by atoms with Gasteiger partial charge in [0.05, 0.1) is 29.4 Å². The van der Waals surface area contributed by atoms with Crippen molar-refractivity contribution in [2.45, 2.75) is 6.54 Å². The number of fused-ring (bicyclic) bond motifs is 1. The highest BCUT2D eigenvalue weighted by molar-refractivity contribution is 7.18. The van der Waals surface area contributed by atoms with Crippen molar-refractivity contribution in [3.8, 4) is 17.1 Å². The molecule has 0 aliphatic carbocycles. The van der Waals surface area contributed by atoms with Gasteiger partial charge in [-0.05, 0) is 24.3 Å². The van der Waals surface area contributed by atoms with Crippen molar-refractivity contribution < 1.29 is 14.1 Å². The summed E-state index contributed by atoms with van der Waals surface area (Å²) in [6, 6.07) is 17.0. The van der Waals surface area contributed by atoms with Crippen molar-refractivity contribution >= 4 is 27.5 Å². The molecule has 136 valence electrons. The second-order valence-electron chi connectivity index (χ2n) is 6.01. The Morgan fingerprint density at radius 2 is 1.96 bits per heavy atom. The molecular formula is C20H17N3O3S. The molecule has 0 unspecified atom stereocenters. The van der Waals surface area contributed by atoms with E-state index in [9.17, 15) is 4.79 Å². The van der Waals surface area contributed by atoms with Gasteiger partial charge in [0.25, 0.3) is 5.91 Å². The number of rotatable bonds is 5. The minimum absolute atomic E-state index is 0.223. The van der Waals surface area contributed by atoms with Crippen molar-refractivity contribution in [1.82, 2.24) is 15.0 Å². The minimum Gasteiger partial charge on any atom is -0.496 e. The molecule has 4 rings (SSSR count). The van der Waals surface area contributed by atoms with E-state index in [0.717, 1.165) is 20.8 Å². The lowest BCUT2D eigenvalue weighted by Crippen LogP contribution is -2.26. The van der Waals surface area contributed by atoms with Gasteiger partial charge in [-0.2, -0.15) is 0 Å². The topological polar surface area (TPSA) is 68.5 Å². The summed E-state index contributed by atoms with van der Waals surface area (Å²) in [5, 5.41) is 4.81. The van der Waals surface area contributed by atoms with Gasteiger partial charge in [-0.15, -0.1) is 11.3 Å². The maximum atomic E-state index is 12.7. The number of aromatic nitrogens is 2. The largest absolute Gasteiger partial charge is 0.496 e. The molecule has 0 radical (unpaired) electrons. The van der Waals surface area contributed by atoms with E-state index in [1.165, 1.54) is 0 Å². The van der Waals surface area contributed by atoms with Crippen molar-refractivity contribution in [2.75, 3.05) is 14.2 Å². The predicted molar refractivity (Wildman–Crippen MR) is 104 cm³/mol. The Labute approximate surface area is 160 Å². The van der Waals surface area contributed by atoms with Gasteiger partial charge >= 0.3 is 0 Å². The normalized spacial score (nSPS) is 10.9. The molecule has 2 heterocycles. The van der Waals surface area contributed by atoms with Crippen LogP contribution in [0, 0.1) is 0 Å². The zero-order valence-electron chi connectivity index (χ0n) is 14.9. The van der Waals surface area contributed by atoms with Gasteiger partial charge in [-0.1, -0.05) is 29.4 Å². The lowest BCUT2D eigenvalue weighted by atomic mass is 10.1. The van der Waals surface area contributed by atoms with Crippen molar-refractivity contribution in [3.63, 3.8) is 0 Å². The lowest BCUT2D eigenvalue weighted by molar-refractivity contribution is 0.0775. The molecular weight excluding hydrogens is 362 g/mol. The monoisotopic (exact) mass is 379 g/mol. The van der Waals surface area contributed by atoms with Gasteiger partial charge in [0, 0.05) is 13.1 Å². The van der Waals surface area contributed by atoms with Gasteiger partial charge in [0.1, 0.15) is 10.8 Å². The third-order valence-electron chi connectivity index (χ3n) is 4.16. The fourth-order valence-corrected chi connectivity index (χ4v) is 3.83. The van der Waals surface area contributed by atoms with Gasteiger partial charge in [0.2, 0.25) is 0 Å². The van der Waals surface area contributed by atoms with E-state index in [4.69, 9.17) is 9.26 Å². The van der Waals surface area contributed by atoms with Crippen LogP contribution in [-0.4, -0.2) is 35.1 Å². The Kier molecular flexibility index (Phi) is 4.60. The van der Waals surface area contributed by atoms with Crippen LogP contribution in [0.4, 0.5) is 0 Å². The van der Waals surface area contributed by atoms with Crippen LogP contribution < -0.4 is 4.74 Å². The number of thiazole rings is 1. The highest BCUT2D eigenvalue weighted by Gasteiger charge is 2.20. The van der Waals surface area contributed by atoms with E-state index >= 15 is 0 Å². The molecule has 0 fully saturated rings. The summed E-state index contributed by atoms with van der Waals surface area (Å²) in [5.74, 6) is 0.929. The molecule has 6 nitrogen and oxygen atoms in total. The van der Waals surface area contributed by atoms with Gasteiger partial charge in [-0.25, -0.2) is 4.98 Å². The Bertz CT molecular complexity index is 1070. The summed E-state index contributed by atoms with van der Waals surface area (Å²) in [6.45, 7) is 0.412. The first kappa shape index (κ1) is 17.2. The van der Waals surface area contributed by atoms with Crippen LogP contribution in [0.1, 0.15) is 15.5 Å². The molecule has 0 aliphatic heterocycles. The molecule has 0 atom stereocenters. The Morgan fingerprint density at radius 1 is 1.19 bits per heavy atom. The van der Waals surface area contributed by atoms with Crippen molar-refractivity contribution in [3.05, 3.63) is 65.3 Å². The van der Waals surface area contributed by atoms with E-state index in [1.54, 1.807) is 36.5 Å². The summed E-state index contributed by atoms with van der Waals surface area (Å²) in [5.41, 5.74) is 1.94. The first-order valence-electron chi connectivity index (χ1n) is 8.35. The van der Waals surface area contributed by atoms with Crippen LogP contribution >= 0.6 is 11.3 Å². The second-order valence-corrected chi connectivity index (χ2v) is 7.13. The average molecular weight is 379 g/mol. The van der Waals surface area contributed by atoms with Crippen LogP contribution in [-0.2, 0) is 6.54 Å². The number of carbonyl (C=O) groups excluding carboxylic acids is 1. The Morgan fingerprint density at radius 3 is 2.78 bits per heavy atom. The van der Waals surface area contributed by atoms with Crippen LogP contribution in [0.3, 0.4) is 0 Å². The SMILES string of the molecule is COc1ccccc1-c1cc(C(=O)N(C)Cc2nc3ccccc3s2)no1. The fraction of sp³-hybridized carbons (Fsp3) is 0.150. The third-order valence-corrected chi connectivity index (χ3v) is 5.18. The number of para-hydroxylation sites is 2. The van der Waals surface area contributed by atoms with Crippen LogP contribution in [0.5, 0.6) is 5.75 Å². The molecule has 27 heavy (non-hydrogen) atoms. The molecule has 0 bridgehead atoms. The number of nitrogens with zero attached hydrogens (tertiary/aromatic N) is 3. The maximum absolute atomic E-state index is 12.7. The van der Waals surface area contributed by atoms with Gasteiger partial charge in [0.15, 0.2) is 11.5 Å². The molecule has 0 N–H and O–H groups in total. The molecule has 2 aromatic carbocycles.